The van der Waals surface area contributed by atoms with Crippen LogP contribution in [0.3, 0.4) is 0 Å². The fourth-order valence-electron chi connectivity index (χ4n) is 2.28. The maximum absolute atomic E-state index is 12.4. The van der Waals surface area contributed by atoms with Crippen molar-refractivity contribution in [1.82, 2.24) is 0 Å². The van der Waals surface area contributed by atoms with Crippen LogP contribution in [0.15, 0.2) is 42.5 Å². The lowest BCUT2D eigenvalue weighted by molar-refractivity contribution is -0.122. The lowest BCUT2D eigenvalue weighted by Gasteiger charge is -2.17. The van der Waals surface area contributed by atoms with E-state index in [1.54, 1.807) is 38.1 Å². The summed E-state index contributed by atoms with van der Waals surface area (Å²) in [5.41, 5.74) is 2.69. The molecule has 0 fully saturated rings. The van der Waals surface area contributed by atoms with E-state index >= 15 is 0 Å². The standard InChI is InChI=1S/C19H21NO4/c1-12-7-5-8-15(11-12)24-14(3)18(21)20-17-10-6-9-16(13(17)2)19(22)23-4/h5-11,14H,1-4H3,(H,20,21)/t14-/m0/s1. The number of rotatable bonds is 5. The molecule has 0 aliphatic heterocycles. The third-order valence-electron chi connectivity index (χ3n) is 3.67. The third-order valence-corrected chi connectivity index (χ3v) is 3.67. The molecule has 2 aromatic rings. The summed E-state index contributed by atoms with van der Waals surface area (Å²) >= 11 is 0. The van der Waals surface area contributed by atoms with Crippen molar-refractivity contribution in [2.75, 3.05) is 12.4 Å². The molecule has 0 spiro atoms. The molecule has 1 atom stereocenters. The van der Waals surface area contributed by atoms with Gasteiger partial charge in [0.05, 0.1) is 12.7 Å². The Bertz CT molecular complexity index is 755. The fourth-order valence-corrected chi connectivity index (χ4v) is 2.28. The third kappa shape index (κ3) is 4.13. The maximum Gasteiger partial charge on any atom is 0.338 e. The Hall–Kier alpha value is -2.82. The summed E-state index contributed by atoms with van der Waals surface area (Å²) in [5, 5.41) is 2.79. The number of carbonyl (C=O) groups is 2. The van der Waals surface area contributed by atoms with Gasteiger partial charge in [-0.05, 0) is 56.2 Å². The van der Waals surface area contributed by atoms with E-state index in [4.69, 9.17) is 9.47 Å². The van der Waals surface area contributed by atoms with E-state index in [0.717, 1.165) is 5.56 Å². The number of anilines is 1. The number of carbonyl (C=O) groups excluding carboxylic acids is 2. The molecule has 0 radical (unpaired) electrons. The Balaban J connectivity index is 2.10. The van der Waals surface area contributed by atoms with Crippen LogP contribution in [0.25, 0.3) is 0 Å². The van der Waals surface area contributed by atoms with Crippen molar-refractivity contribution in [2.24, 2.45) is 0 Å². The highest BCUT2D eigenvalue weighted by Crippen LogP contribution is 2.21. The number of amides is 1. The first-order valence-electron chi connectivity index (χ1n) is 7.64. The van der Waals surface area contributed by atoms with Gasteiger partial charge in [-0.25, -0.2) is 4.79 Å². The van der Waals surface area contributed by atoms with Crippen LogP contribution in [0.2, 0.25) is 0 Å². The van der Waals surface area contributed by atoms with Gasteiger partial charge in [-0.3, -0.25) is 4.79 Å². The molecule has 0 aliphatic rings. The predicted octanol–water partition coefficient (Wildman–Crippen LogP) is 3.50. The molecular weight excluding hydrogens is 306 g/mol. The number of esters is 1. The summed E-state index contributed by atoms with van der Waals surface area (Å²) in [6, 6.07) is 12.6. The van der Waals surface area contributed by atoms with Gasteiger partial charge in [-0.15, -0.1) is 0 Å². The largest absolute Gasteiger partial charge is 0.481 e. The van der Waals surface area contributed by atoms with E-state index in [1.807, 2.05) is 25.1 Å². The van der Waals surface area contributed by atoms with Gasteiger partial charge >= 0.3 is 5.97 Å². The summed E-state index contributed by atoms with van der Waals surface area (Å²) in [7, 11) is 1.32. The molecule has 2 rings (SSSR count). The van der Waals surface area contributed by atoms with Crippen molar-refractivity contribution in [1.29, 1.82) is 0 Å². The number of nitrogens with one attached hydrogen (secondary N) is 1. The van der Waals surface area contributed by atoms with Gasteiger partial charge in [0, 0.05) is 5.69 Å². The Morgan fingerprint density at radius 2 is 1.79 bits per heavy atom. The molecule has 0 saturated heterocycles. The van der Waals surface area contributed by atoms with E-state index in [0.29, 0.717) is 22.6 Å². The van der Waals surface area contributed by atoms with Gasteiger partial charge < -0.3 is 14.8 Å². The monoisotopic (exact) mass is 327 g/mol. The van der Waals surface area contributed by atoms with Gasteiger partial charge in [0.25, 0.3) is 5.91 Å². The molecule has 0 unspecified atom stereocenters. The summed E-state index contributed by atoms with van der Waals surface area (Å²) in [6.07, 6.45) is -0.673. The first-order valence-corrected chi connectivity index (χ1v) is 7.64. The summed E-state index contributed by atoms with van der Waals surface area (Å²) in [5.74, 6) is -0.0908. The van der Waals surface area contributed by atoms with Gasteiger partial charge in [-0.2, -0.15) is 0 Å². The second-order valence-corrected chi connectivity index (χ2v) is 5.54. The highest BCUT2D eigenvalue weighted by molar-refractivity contribution is 5.98. The average molecular weight is 327 g/mol. The molecule has 0 aromatic heterocycles. The number of aryl methyl sites for hydroxylation is 1. The molecule has 5 heteroatoms. The minimum Gasteiger partial charge on any atom is -0.481 e. The minimum atomic E-state index is -0.673. The summed E-state index contributed by atoms with van der Waals surface area (Å²) < 4.78 is 10.4. The molecule has 5 nitrogen and oxygen atoms in total. The topological polar surface area (TPSA) is 64.6 Å². The first kappa shape index (κ1) is 17.5. The van der Waals surface area contributed by atoms with Crippen molar-refractivity contribution in [2.45, 2.75) is 26.9 Å². The van der Waals surface area contributed by atoms with E-state index in [1.165, 1.54) is 7.11 Å². The second-order valence-electron chi connectivity index (χ2n) is 5.54. The van der Waals surface area contributed by atoms with Crippen LogP contribution < -0.4 is 10.1 Å². The van der Waals surface area contributed by atoms with Crippen molar-refractivity contribution in [3.63, 3.8) is 0 Å². The highest BCUT2D eigenvalue weighted by Gasteiger charge is 2.18. The lowest BCUT2D eigenvalue weighted by atomic mass is 10.1. The SMILES string of the molecule is COC(=O)c1cccc(NC(=O)[C@H](C)Oc2cccc(C)c2)c1C. The van der Waals surface area contributed by atoms with E-state index in [2.05, 4.69) is 5.32 Å². The van der Waals surface area contributed by atoms with Crippen LogP contribution in [0, 0.1) is 13.8 Å². The number of methoxy groups -OCH3 is 1. The number of hydrogen-bond donors (Lipinski definition) is 1. The quantitative estimate of drug-likeness (QED) is 0.854. The maximum atomic E-state index is 12.4. The molecule has 0 bridgehead atoms. The summed E-state index contributed by atoms with van der Waals surface area (Å²) in [4.78, 5) is 24.1. The molecule has 0 heterocycles. The van der Waals surface area contributed by atoms with Gasteiger partial charge in [0.1, 0.15) is 5.75 Å². The van der Waals surface area contributed by atoms with Crippen LogP contribution in [-0.4, -0.2) is 25.1 Å². The average Bonchev–Trinajstić information content (AvgIpc) is 2.56. The van der Waals surface area contributed by atoms with Crippen LogP contribution in [0.5, 0.6) is 5.75 Å². The zero-order valence-corrected chi connectivity index (χ0v) is 14.3. The zero-order valence-electron chi connectivity index (χ0n) is 14.3. The number of hydrogen-bond acceptors (Lipinski definition) is 4. The smallest absolute Gasteiger partial charge is 0.338 e. The van der Waals surface area contributed by atoms with Gasteiger partial charge in [0.2, 0.25) is 0 Å². The Kier molecular flexibility index (Phi) is 5.58. The fraction of sp³-hybridized carbons (Fsp3) is 0.263. The van der Waals surface area contributed by atoms with Crippen molar-refractivity contribution in [3.8, 4) is 5.75 Å². The highest BCUT2D eigenvalue weighted by atomic mass is 16.5. The molecule has 24 heavy (non-hydrogen) atoms. The molecule has 0 aliphatic carbocycles. The lowest BCUT2D eigenvalue weighted by Crippen LogP contribution is -2.30. The van der Waals surface area contributed by atoms with Crippen molar-refractivity contribution >= 4 is 17.6 Å². The number of ether oxygens (including phenoxy) is 2. The van der Waals surface area contributed by atoms with E-state index in [-0.39, 0.29) is 5.91 Å². The molecule has 0 saturated carbocycles. The van der Waals surface area contributed by atoms with E-state index < -0.39 is 12.1 Å². The molecule has 1 N–H and O–H groups in total. The molecular formula is C19H21NO4. The van der Waals surface area contributed by atoms with Crippen LogP contribution >= 0.6 is 0 Å². The summed E-state index contributed by atoms with van der Waals surface area (Å²) in [6.45, 7) is 5.39. The van der Waals surface area contributed by atoms with Gasteiger partial charge in [0.15, 0.2) is 6.10 Å². The number of benzene rings is 2. The van der Waals surface area contributed by atoms with Crippen LogP contribution in [-0.2, 0) is 9.53 Å². The molecule has 126 valence electrons. The minimum absolute atomic E-state index is 0.290. The van der Waals surface area contributed by atoms with Crippen molar-refractivity contribution < 1.29 is 19.1 Å². The first-order chi connectivity index (χ1) is 11.4. The Morgan fingerprint density at radius 3 is 2.46 bits per heavy atom. The van der Waals surface area contributed by atoms with Crippen molar-refractivity contribution in [3.05, 3.63) is 59.2 Å². The zero-order chi connectivity index (χ0) is 17.7. The Morgan fingerprint density at radius 1 is 1.08 bits per heavy atom. The van der Waals surface area contributed by atoms with E-state index in [9.17, 15) is 9.59 Å². The van der Waals surface area contributed by atoms with Gasteiger partial charge in [-0.1, -0.05) is 18.2 Å². The van der Waals surface area contributed by atoms with Crippen LogP contribution in [0.4, 0.5) is 5.69 Å². The van der Waals surface area contributed by atoms with Crippen LogP contribution in [0.1, 0.15) is 28.4 Å². The normalized spacial score (nSPS) is 11.5. The molecule has 2 aromatic carbocycles. The molecule has 1 amide bonds. The second kappa shape index (κ2) is 7.64. The Labute approximate surface area is 141 Å². The predicted molar refractivity (Wildman–Crippen MR) is 92.4 cm³/mol.